The molecule has 3 rings (SSSR count). The number of aliphatic hydroxyl groups excluding tert-OH is 1. The van der Waals surface area contributed by atoms with Gasteiger partial charge in [0.1, 0.15) is 0 Å². The van der Waals surface area contributed by atoms with Crippen LogP contribution >= 0.6 is 0 Å². The molecule has 1 saturated carbocycles. The molecule has 1 aromatic heterocycles. The van der Waals surface area contributed by atoms with E-state index in [4.69, 9.17) is 4.74 Å². The van der Waals surface area contributed by atoms with E-state index in [0.717, 1.165) is 12.8 Å². The molecule has 2 N–H and O–H groups in total. The number of fused-ring (bicyclic) bond motifs is 1. The lowest BCUT2D eigenvalue weighted by Gasteiger charge is -2.42. The second kappa shape index (κ2) is 6.52. The van der Waals surface area contributed by atoms with Crippen molar-refractivity contribution in [3.05, 3.63) is 33.1 Å². The number of hydrogen-bond acceptors (Lipinski definition) is 5. The van der Waals surface area contributed by atoms with Crippen molar-refractivity contribution >= 4 is 5.91 Å². The second-order valence-electron chi connectivity index (χ2n) is 6.60. The maximum Gasteiger partial charge on any atom is 0.328 e. The molecule has 0 spiro atoms. The lowest BCUT2D eigenvalue weighted by Crippen LogP contribution is -2.52. The minimum atomic E-state index is -0.518. The third kappa shape index (κ3) is 3.03. The molecule has 2 aliphatic rings. The second-order valence-corrected chi connectivity index (χ2v) is 6.60. The first-order valence-electron chi connectivity index (χ1n) is 8.28. The van der Waals surface area contributed by atoms with Gasteiger partial charge in [-0.25, -0.2) is 4.79 Å². The molecule has 2 heterocycles. The Morgan fingerprint density at radius 2 is 2.25 bits per heavy atom. The highest BCUT2D eigenvalue weighted by Gasteiger charge is 2.52. The molecular weight excluding hydrogens is 314 g/mol. The number of rotatable bonds is 4. The van der Waals surface area contributed by atoms with Gasteiger partial charge in [0.25, 0.3) is 5.56 Å². The Balaban J connectivity index is 1.68. The van der Waals surface area contributed by atoms with Crippen LogP contribution in [0.15, 0.2) is 21.9 Å². The maximum atomic E-state index is 12.6. The fraction of sp³-hybridized carbons (Fsp3) is 0.688. The van der Waals surface area contributed by atoms with Crippen LogP contribution in [0, 0.1) is 0 Å². The quantitative estimate of drug-likeness (QED) is 0.768. The lowest BCUT2D eigenvalue weighted by atomic mass is 9.79. The molecule has 8 nitrogen and oxygen atoms in total. The Labute approximate surface area is 139 Å². The Morgan fingerprint density at radius 3 is 2.96 bits per heavy atom. The van der Waals surface area contributed by atoms with Gasteiger partial charge in [-0.15, -0.1) is 0 Å². The molecule has 1 amide bonds. The van der Waals surface area contributed by atoms with Crippen LogP contribution in [0.5, 0.6) is 0 Å². The number of H-pyrrole nitrogens is 1. The van der Waals surface area contributed by atoms with Gasteiger partial charge in [0.15, 0.2) is 0 Å². The number of likely N-dealkylation sites (tertiary alicyclic amines) is 1. The SMILES string of the molecule is CO[C@@]12CC[C@H](O)C[C@@H]1N(C(=O)CCn1ccc(=O)[nH]c1=O)CC2. The number of carbonyl (C=O) groups is 1. The van der Waals surface area contributed by atoms with Crippen LogP contribution in [-0.2, 0) is 16.1 Å². The Kier molecular flexibility index (Phi) is 4.60. The van der Waals surface area contributed by atoms with Gasteiger partial charge in [-0.2, -0.15) is 0 Å². The van der Waals surface area contributed by atoms with E-state index in [9.17, 15) is 19.5 Å². The molecular formula is C16H23N3O5. The third-order valence-electron chi connectivity index (χ3n) is 5.35. The number of nitrogens with one attached hydrogen (secondary N) is 1. The van der Waals surface area contributed by atoms with Gasteiger partial charge >= 0.3 is 5.69 Å². The van der Waals surface area contributed by atoms with Crippen molar-refractivity contribution in [2.75, 3.05) is 13.7 Å². The number of amides is 1. The molecule has 0 bridgehead atoms. The summed E-state index contributed by atoms with van der Waals surface area (Å²) in [6, 6.07) is 1.14. The summed E-state index contributed by atoms with van der Waals surface area (Å²) in [6.45, 7) is 0.810. The molecule has 3 atom stereocenters. The zero-order valence-corrected chi connectivity index (χ0v) is 13.7. The molecule has 2 fully saturated rings. The van der Waals surface area contributed by atoms with E-state index in [1.54, 1.807) is 12.0 Å². The van der Waals surface area contributed by atoms with Crippen LogP contribution in [0.1, 0.15) is 32.1 Å². The Hall–Kier alpha value is -1.93. The molecule has 132 valence electrons. The number of aromatic nitrogens is 2. The number of hydrogen-bond donors (Lipinski definition) is 2. The number of nitrogens with zero attached hydrogens (tertiary/aromatic N) is 2. The number of aliphatic hydroxyl groups is 1. The van der Waals surface area contributed by atoms with Crippen LogP contribution in [0.3, 0.4) is 0 Å². The molecule has 1 aromatic rings. The van der Waals surface area contributed by atoms with E-state index in [0.29, 0.717) is 19.4 Å². The molecule has 1 saturated heterocycles. The zero-order chi connectivity index (χ0) is 17.3. The summed E-state index contributed by atoms with van der Waals surface area (Å²) in [6.07, 6.45) is 3.88. The van der Waals surface area contributed by atoms with Gasteiger partial charge in [-0.1, -0.05) is 0 Å². The van der Waals surface area contributed by atoms with Gasteiger partial charge < -0.3 is 19.3 Å². The van der Waals surface area contributed by atoms with Crippen molar-refractivity contribution in [3.63, 3.8) is 0 Å². The predicted molar refractivity (Wildman–Crippen MR) is 85.7 cm³/mol. The number of carbonyl (C=O) groups excluding carboxylic acids is 1. The fourth-order valence-corrected chi connectivity index (χ4v) is 3.95. The molecule has 24 heavy (non-hydrogen) atoms. The fourth-order valence-electron chi connectivity index (χ4n) is 3.95. The van der Waals surface area contributed by atoms with Crippen LogP contribution in [0.2, 0.25) is 0 Å². The summed E-state index contributed by atoms with van der Waals surface area (Å²) >= 11 is 0. The van der Waals surface area contributed by atoms with Gasteiger partial charge in [0.05, 0.1) is 17.7 Å². The summed E-state index contributed by atoms with van der Waals surface area (Å²) < 4.78 is 7.04. The van der Waals surface area contributed by atoms with Crippen molar-refractivity contribution < 1.29 is 14.6 Å². The van der Waals surface area contributed by atoms with Crippen molar-refractivity contribution in [3.8, 4) is 0 Å². The van der Waals surface area contributed by atoms with E-state index in [1.807, 2.05) is 0 Å². The molecule has 1 aliphatic heterocycles. The van der Waals surface area contributed by atoms with Gasteiger partial charge in [0.2, 0.25) is 5.91 Å². The number of methoxy groups -OCH3 is 1. The molecule has 1 aliphatic carbocycles. The molecule has 0 aromatic carbocycles. The van der Waals surface area contributed by atoms with Crippen molar-refractivity contribution in [1.82, 2.24) is 14.5 Å². The first kappa shape index (κ1) is 16.9. The summed E-state index contributed by atoms with van der Waals surface area (Å²) in [5.41, 5.74) is -1.33. The van der Waals surface area contributed by atoms with Gasteiger partial charge in [-0.3, -0.25) is 14.6 Å². The normalized spacial score (nSPS) is 29.5. The average molecular weight is 337 g/mol. The maximum absolute atomic E-state index is 12.6. The summed E-state index contributed by atoms with van der Waals surface area (Å²) in [7, 11) is 1.67. The van der Waals surface area contributed by atoms with E-state index in [1.165, 1.54) is 16.8 Å². The highest BCUT2D eigenvalue weighted by atomic mass is 16.5. The van der Waals surface area contributed by atoms with E-state index in [2.05, 4.69) is 4.98 Å². The third-order valence-corrected chi connectivity index (χ3v) is 5.35. The first-order valence-corrected chi connectivity index (χ1v) is 8.28. The topological polar surface area (TPSA) is 105 Å². The van der Waals surface area contributed by atoms with Crippen LogP contribution in [0.4, 0.5) is 0 Å². The highest BCUT2D eigenvalue weighted by Crippen LogP contribution is 2.42. The van der Waals surface area contributed by atoms with Crippen molar-refractivity contribution in [1.29, 1.82) is 0 Å². The monoisotopic (exact) mass is 337 g/mol. The van der Waals surface area contributed by atoms with Gasteiger partial charge in [-0.05, 0) is 25.7 Å². The van der Waals surface area contributed by atoms with E-state index >= 15 is 0 Å². The standard InChI is InChI=1S/C16H23N3O5/c1-24-16-5-2-11(20)10-12(16)19(9-6-16)14(22)4-8-18-7-3-13(21)17-15(18)23/h3,7,11-12,20H,2,4-6,8-10H2,1H3,(H,17,21,23)/t11-,12-,16+/m0/s1. The average Bonchev–Trinajstić information content (AvgIpc) is 2.93. The molecule has 0 unspecified atom stereocenters. The largest absolute Gasteiger partial charge is 0.393 e. The van der Waals surface area contributed by atoms with Crippen molar-refractivity contribution in [2.24, 2.45) is 0 Å². The lowest BCUT2D eigenvalue weighted by molar-refractivity contribution is -0.140. The minimum Gasteiger partial charge on any atom is -0.393 e. The molecule has 0 radical (unpaired) electrons. The highest BCUT2D eigenvalue weighted by molar-refractivity contribution is 5.77. The summed E-state index contributed by atoms with van der Waals surface area (Å²) in [4.78, 5) is 39.3. The molecule has 8 heteroatoms. The zero-order valence-electron chi connectivity index (χ0n) is 13.7. The Bertz CT molecular complexity index is 727. The number of ether oxygens (including phenoxy) is 1. The Morgan fingerprint density at radius 1 is 1.46 bits per heavy atom. The van der Waals surface area contributed by atoms with Gasteiger partial charge in [0, 0.05) is 38.9 Å². The van der Waals surface area contributed by atoms with Crippen molar-refractivity contribution in [2.45, 2.75) is 56.4 Å². The minimum absolute atomic E-state index is 0.0638. The summed E-state index contributed by atoms with van der Waals surface area (Å²) in [5, 5.41) is 9.96. The van der Waals surface area contributed by atoms with Crippen LogP contribution in [0.25, 0.3) is 0 Å². The first-order chi connectivity index (χ1) is 11.4. The number of aryl methyl sites for hydroxylation is 1. The van der Waals surface area contributed by atoms with E-state index in [-0.39, 0.29) is 30.5 Å². The van der Waals surface area contributed by atoms with Crippen LogP contribution in [-0.4, -0.2) is 56.9 Å². The number of aromatic amines is 1. The smallest absolute Gasteiger partial charge is 0.328 e. The van der Waals surface area contributed by atoms with E-state index < -0.39 is 17.4 Å². The van der Waals surface area contributed by atoms with Crippen LogP contribution < -0.4 is 11.2 Å². The summed E-state index contributed by atoms with van der Waals surface area (Å²) in [5.74, 6) is -0.0638. The predicted octanol–water partition coefficient (Wildman–Crippen LogP) is -0.542.